The first-order valence-electron chi connectivity index (χ1n) is 5.70. The van der Waals surface area contributed by atoms with Gasteiger partial charge in [-0.15, -0.1) is 0 Å². The van der Waals surface area contributed by atoms with Crippen molar-refractivity contribution in [1.29, 1.82) is 0 Å². The molecule has 2 aliphatic carbocycles. The zero-order valence-electron chi connectivity index (χ0n) is 9.66. The highest BCUT2D eigenvalue weighted by Crippen LogP contribution is 2.68. The molecule has 2 bridgehead atoms. The van der Waals surface area contributed by atoms with Crippen LogP contribution in [0.2, 0.25) is 0 Å². The van der Waals surface area contributed by atoms with Crippen LogP contribution in [0.3, 0.4) is 0 Å². The molecule has 2 aliphatic rings. The van der Waals surface area contributed by atoms with Crippen LogP contribution >= 0.6 is 0 Å². The fourth-order valence-electron chi connectivity index (χ4n) is 3.99. The molecule has 0 aliphatic heterocycles. The fraction of sp³-hybridized carbons (Fsp3) is 0.917. The molecule has 0 aromatic rings. The summed E-state index contributed by atoms with van der Waals surface area (Å²) >= 11 is 0. The Bertz CT molecular complexity index is 297. The molecule has 3 nitrogen and oxygen atoms in total. The Morgan fingerprint density at radius 3 is 2.40 bits per heavy atom. The molecule has 2 fully saturated rings. The number of aliphatic hydroxyl groups is 1. The monoisotopic (exact) mass is 212 g/mol. The summed E-state index contributed by atoms with van der Waals surface area (Å²) in [6, 6.07) is 0. The summed E-state index contributed by atoms with van der Waals surface area (Å²) in [6.45, 7) is 6.46. The second kappa shape index (κ2) is 2.97. The highest BCUT2D eigenvalue weighted by Gasteiger charge is 2.65. The van der Waals surface area contributed by atoms with Crippen molar-refractivity contribution in [1.82, 2.24) is 0 Å². The summed E-state index contributed by atoms with van der Waals surface area (Å²) in [5.74, 6) is -0.462. The van der Waals surface area contributed by atoms with E-state index in [-0.39, 0.29) is 23.2 Å². The van der Waals surface area contributed by atoms with Crippen molar-refractivity contribution < 1.29 is 15.0 Å². The van der Waals surface area contributed by atoms with Crippen molar-refractivity contribution in [3.63, 3.8) is 0 Å². The minimum Gasteiger partial charge on any atom is -0.481 e. The number of rotatable bonds is 2. The van der Waals surface area contributed by atoms with Crippen molar-refractivity contribution in [2.45, 2.75) is 46.1 Å². The number of carbonyl (C=O) groups is 1. The molecule has 1 unspecified atom stereocenters. The number of fused-ring (bicyclic) bond motifs is 2. The van der Waals surface area contributed by atoms with Crippen LogP contribution in [0.5, 0.6) is 0 Å². The molecule has 2 rings (SSSR count). The normalized spacial score (nSPS) is 47.1. The lowest BCUT2D eigenvalue weighted by molar-refractivity contribution is -0.140. The van der Waals surface area contributed by atoms with E-state index in [9.17, 15) is 9.90 Å². The van der Waals surface area contributed by atoms with Gasteiger partial charge in [0.15, 0.2) is 0 Å². The minimum atomic E-state index is -0.786. The number of aliphatic hydroxyl groups excluding tert-OH is 1. The van der Waals surface area contributed by atoms with Crippen LogP contribution in [-0.4, -0.2) is 22.3 Å². The predicted molar refractivity (Wildman–Crippen MR) is 56.4 cm³/mol. The fourth-order valence-corrected chi connectivity index (χ4v) is 3.99. The molecule has 2 saturated carbocycles. The molecule has 3 heteroatoms. The SMILES string of the molecule is CC1(C)[C@@H]2CC[C@@]1(C)[C@H](O)C2CC(=O)O. The van der Waals surface area contributed by atoms with Crippen molar-refractivity contribution in [3.8, 4) is 0 Å². The van der Waals surface area contributed by atoms with Gasteiger partial charge in [-0.05, 0) is 35.5 Å². The molecular weight excluding hydrogens is 192 g/mol. The number of carboxylic acids is 1. The quantitative estimate of drug-likeness (QED) is 0.735. The maximum atomic E-state index is 10.8. The predicted octanol–water partition coefficient (Wildman–Crippen LogP) is 1.89. The summed E-state index contributed by atoms with van der Waals surface area (Å²) in [4.78, 5) is 10.8. The van der Waals surface area contributed by atoms with Gasteiger partial charge in [0.05, 0.1) is 12.5 Å². The van der Waals surface area contributed by atoms with Crippen LogP contribution in [0.4, 0.5) is 0 Å². The van der Waals surface area contributed by atoms with Gasteiger partial charge in [0.1, 0.15) is 0 Å². The van der Waals surface area contributed by atoms with Crippen molar-refractivity contribution in [3.05, 3.63) is 0 Å². The topological polar surface area (TPSA) is 57.5 Å². The summed E-state index contributed by atoms with van der Waals surface area (Å²) < 4.78 is 0. The Kier molecular flexibility index (Phi) is 2.16. The van der Waals surface area contributed by atoms with Crippen molar-refractivity contribution in [2.75, 3.05) is 0 Å². The van der Waals surface area contributed by atoms with Crippen LogP contribution < -0.4 is 0 Å². The molecule has 0 radical (unpaired) electrons. The zero-order chi connectivity index (χ0) is 11.4. The van der Waals surface area contributed by atoms with E-state index in [1.54, 1.807) is 0 Å². The Hall–Kier alpha value is -0.570. The molecular formula is C12H20O3. The van der Waals surface area contributed by atoms with E-state index in [2.05, 4.69) is 20.8 Å². The first-order chi connectivity index (χ1) is 6.80. The molecule has 0 heterocycles. The van der Waals surface area contributed by atoms with Gasteiger partial charge >= 0.3 is 5.97 Å². The molecule has 86 valence electrons. The minimum absolute atomic E-state index is 0.0451. The van der Waals surface area contributed by atoms with Crippen LogP contribution in [0.1, 0.15) is 40.0 Å². The third kappa shape index (κ3) is 1.19. The van der Waals surface area contributed by atoms with Gasteiger partial charge in [-0.3, -0.25) is 4.79 Å². The standard InChI is InChI=1S/C12H20O3/c1-11(2)8-4-5-12(11,3)10(15)7(8)6-9(13)14/h7-8,10,15H,4-6H2,1-3H3,(H,13,14)/t7?,8-,10-,12+/m1/s1. The van der Waals surface area contributed by atoms with Crippen molar-refractivity contribution >= 4 is 5.97 Å². The first kappa shape index (κ1) is 10.9. The molecule has 0 amide bonds. The zero-order valence-corrected chi connectivity index (χ0v) is 9.66. The number of aliphatic carboxylic acids is 1. The maximum absolute atomic E-state index is 10.8. The molecule has 0 spiro atoms. The lowest BCUT2D eigenvalue weighted by Crippen LogP contribution is -2.38. The lowest BCUT2D eigenvalue weighted by Gasteiger charge is -2.37. The summed E-state index contributed by atoms with van der Waals surface area (Å²) in [7, 11) is 0. The van der Waals surface area contributed by atoms with Gasteiger partial charge in [0, 0.05) is 0 Å². The Morgan fingerprint density at radius 1 is 1.40 bits per heavy atom. The first-order valence-corrected chi connectivity index (χ1v) is 5.70. The third-order valence-corrected chi connectivity index (χ3v) is 5.36. The number of carboxylic acid groups (broad SMARTS) is 1. The Balaban J connectivity index is 2.29. The van der Waals surface area contributed by atoms with Crippen LogP contribution in [0.15, 0.2) is 0 Å². The summed E-state index contributed by atoms with van der Waals surface area (Å²) in [6.07, 6.45) is 1.77. The van der Waals surface area contributed by atoms with Gasteiger partial charge in [-0.25, -0.2) is 0 Å². The van der Waals surface area contributed by atoms with E-state index in [4.69, 9.17) is 5.11 Å². The largest absolute Gasteiger partial charge is 0.481 e. The molecule has 0 aromatic heterocycles. The van der Waals surface area contributed by atoms with E-state index in [0.29, 0.717) is 5.92 Å². The average Bonchev–Trinajstić information content (AvgIpc) is 2.40. The number of hydrogen-bond acceptors (Lipinski definition) is 2. The average molecular weight is 212 g/mol. The molecule has 4 atom stereocenters. The van der Waals surface area contributed by atoms with Gasteiger partial charge in [-0.2, -0.15) is 0 Å². The third-order valence-electron chi connectivity index (χ3n) is 5.36. The molecule has 2 N–H and O–H groups in total. The second-order valence-corrected chi connectivity index (χ2v) is 5.99. The smallest absolute Gasteiger partial charge is 0.303 e. The van der Waals surface area contributed by atoms with E-state index < -0.39 is 12.1 Å². The highest BCUT2D eigenvalue weighted by molar-refractivity contribution is 5.67. The molecule has 0 aromatic carbocycles. The number of hydrogen-bond donors (Lipinski definition) is 2. The second-order valence-electron chi connectivity index (χ2n) is 5.99. The van der Waals surface area contributed by atoms with Gasteiger partial charge in [-0.1, -0.05) is 20.8 Å². The van der Waals surface area contributed by atoms with E-state index in [1.807, 2.05) is 0 Å². The van der Waals surface area contributed by atoms with E-state index in [0.717, 1.165) is 12.8 Å². The van der Waals surface area contributed by atoms with Crippen LogP contribution in [-0.2, 0) is 4.79 Å². The van der Waals surface area contributed by atoms with Crippen molar-refractivity contribution in [2.24, 2.45) is 22.7 Å². The lowest BCUT2D eigenvalue weighted by atomic mass is 9.70. The van der Waals surface area contributed by atoms with Gasteiger partial charge in [0.25, 0.3) is 0 Å². The van der Waals surface area contributed by atoms with Gasteiger partial charge in [0.2, 0.25) is 0 Å². The maximum Gasteiger partial charge on any atom is 0.303 e. The molecule has 0 saturated heterocycles. The highest BCUT2D eigenvalue weighted by atomic mass is 16.4. The Morgan fingerprint density at radius 2 is 2.00 bits per heavy atom. The van der Waals surface area contributed by atoms with E-state index >= 15 is 0 Å². The summed E-state index contributed by atoms with van der Waals surface area (Å²) in [5, 5.41) is 19.1. The summed E-state index contributed by atoms with van der Waals surface area (Å²) in [5.41, 5.74) is -0.00961. The van der Waals surface area contributed by atoms with Crippen LogP contribution in [0, 0.1) is 22.7 Å². The van der Waals surface area contributed by atoms with Gasteiger partial charge < -0.3 is 10.2 Å². The Labute approximate surface area is 90.5 Å². The molecule has 15 heavy (non-hydrogen) atoms. The van der Waals surface area contributed by atoms with Crippen LogP contribution in [0.25, 0.3) is 0 Å². The van der Waals surface area contributed by atoms with E-state index in [1.165, 1.54) is 0 Å².